The van der Waals surface area contributed by atoms with E-state index in [2.05, 4.69) is 0 Å². The van der Waals surface area contributed by atoms with Crippen LogP contribution in [0.1, 0.15) is 16.7 Å². The molecule has 0 aliphatic carbocycles. The van der Waals surface area contributed by atoms with Gasteiger partial charge in [0, 0.05) is 12.1 Å². The molecule has 0 saturated heterocycles. The van der Waals surface area contributed by atoms with Gasteiger partial charge in [0.05, 0.1) is 10.6 Å². The highest BCUT2D eigenvalue weighted by Crippen LogP contribution is 2.21. The Morgan fingerprint density at radius 2 is 1.85 bits per heavy atom. The molecule has 2 aromatic carbocycles. The third-order valence-corrected chi connectivity index (χ3v) is 4.96. The van der Waals surface area contributed by atoms with Crippen molar-refractivity contribution in [1.82, 2.24) is 0 Å². The van der Waals surface area contributed by atoms with E-state index >= 15 is 0 Å². The van der Waals surface area contributed by atoms with E-state index in [0.717, 1.165) is 0 Å². The number of sulfone groups is 1. The van der Waals surface area contributed by atoms with Crippen molar-refractivity contribution in [2.24, 2.45) is 5.73 Å². The highest BCUT2D eigenvalue weighted by molar-refractivity contribution is 7.90. The minimum Gasteiger partial charge on any atom is -0.326 e. The molecule has 0 heterocycles. The maximum absolute atomic E-state index is 13.4. The summed E-state index contributed by atoms with van der Waals surface area (Å²) in [5.41, 5.74) is 6.99. The van der Waals surface area contributed by atoms with Gasteiger partial charge in [0.2, 0.25) is 0 Å². The summed E-state index contributed by atoms with van der Waals surface area (Å²) in [7, 11) is -3.45. The minimum absolute atomic E-state index is 0.0457. The molecule has 0 aliphatic heterocycles. The monoisotopic (exact) mass is 293 g/mol. The molecule has 106 valence electrons. The van der Waals surface area contributed by atoms with Crippen molar-refractivity contribution < 1.29 is 12.8 Å². The van der Waals surface area contributed by atoms with Gasteiger partial charge >= 0.3 is 0 Å². The van der Waals surface area contributed by atoms with Crippen molar-refractivity contribution in [1.29, 1.82) is 0 Å². The van der Waals surface area contributed by atoms with E-state index in [9.17, 15) is 12.8 Å². The summed E-state index contributed by atoms with van der Waals surface area (Å²) in [6.45, 7) is 1.80. The molecule has 0 aliphatic rings. The molecule has 5 heteroatoms. The summed E-state index contributed by atoms with van der Waals surface area (Å²) in [4.78, 5) is 0.304. The van der Waals surface area contributed by atoms with Crippen LogP contribution in [0.15, 0.2) is 47.4 Å². The van der Waals surface area contributed by atoms with Gasteiger partial charge in [-0.2, -0.15) is 0 Å². The van der Waals surface area contributed by atoms with Crippen LogP contribution in [-0.4, -0.2) is 8.42 Å². The predicted molar refractivity (Wildman–Crippen MR) is 76.4 cm³/mol. The largest absolute Gasteiger partial charge is 0.326 e. The average Bonchev–Trinajstić information content (AvgIpc) is 2.41. The Kier molecular flexibility index (Phi) is 4.20. The second-order valence-corrected chi connectivity index (χ2v) is 6.61. The first-order valence-corrected chi connectivity index (χ1v) is 7.85. The summed E-state index contributed by atoms with van der Waals surface area (Å²) in [6.07, 6.45) is 0. The number of hydrogen-bond donors (Lipinski definition) is 1. The second-order valence-electron chi connectivity index (χ2n) is 4.65. The lowest BCUT2D eigenvalue weighted by molar-refractivity contribution is 0.593. The highest BCUT2D eigenvalue weighted by Gasteiger charge is 2.17. The molecule has 0 atom stereocenters. The van der Waals surface area contributed by atoms with Gasteiger partial charge < -0.3 is 5.73 Å². The van der Waals surface area contributed by atoms with Crippen LogP contribution >= 0.6 is 0 Å². The Balaban J connectivity index is 2.36. The first-order chi connectivity index (χ1) is 9.44. The fraction of sp³-hybridized carbons (Fsp3) is 0.200. The molecule has 0 fully saturated rings. The summed E-state index contributed by atoms with van der Waals surface area (Å²) in [6, 6.07) is 11.1. The number of benzene rings is 2. The van der Waals surface area contributed by atoms with Crippen LogP contribution in [0.4, 0.5) is 4.39 Å². The SMILES string of the molecule is Cc1ccccc1S(=O)(=O)Cc1ccc(F)c(CN)c1. The molecule has 2 N–H and O–H groups in total. The molecule has 0 bridgehead atoms. The van der Waals surface area contributed by atoms with E-state index < -0.39 is 15.7 Å². The zero-order valence-electron chi connectivity index (χ0n) is 11.1. The van der Waals surface area contributed by atoms with Crippen molar-refractivity contribution in [2.75, 3.05) is 0 Å². The van der Waals surface area contributed by atoms with Gasteiger partial charge in [-0.15, -0.1) is 0 Å². The summed E-state index contributed by atoms with van der Waals surface area (Å²) in [5, 5.41) is 0. The molecule has 0 spiro atoms. The zero-order valence-corrected chi connectivity index (χ0v) is 12.0. The topological polar surface area (TPSA) is 60.2 Å². The quantitative estimate of drug-likeness (QED) is 0.942. The van der Waals surface area contributed by atoms with Gasteiger partial charge in [-0.3, -0.25) is 0 Å². The lowest BCUT2D eigenvalue weighted by Gasteiger charge is -2.09. The number of nitrogens with two attached hydrogens (primary N) is 1. The summed E-state index contributed by atoms with van der Waals surface area (Å²) in [5.74, 6) is -0.574. The number of aryl methyl sites for hydroxylation is 1. The Morgan fingerprint density at radius 3 is 2.50 bits per heavy atom. The van der Waals surface area contributed by atoms with E-state index in [-0.39, 0.29) is 12.3 Å². The fourth-order valence-electron chi connectivity index (χ4n) is 2.08. The molecule has 2 rings (SSSR count). The number of halogens is 1. The fourth-order valence-corrected chi connectivity index (χ4v) is 3.70. The van der Waals surface area contributed by atoms with Crippen LogP contribution in [0, 0.1) is 12.7 Å². The van der Waals surface area contributed by atoms with Crippen molar-refractivity contribution in [3.05, 3.63) is 65.0 Å². The van der Waals surface area contributed by atoms with Crippen molar-refractivity contribution in [2.45, 2.75) is 24.1 Å². The van der Waals surface area contributed by atoms with Crippen LogP contribution < -0.4 is 5.73 Å². The van der Waals surface area contributed by atoms with Crippen molar-refractivity contribution >= 4 is 9.84 Å². The second kappa shape index (κ2) is 5.73. The molecular formula is C15H16FNO2S. The molecule has 0 saturated carbocycles. The van der Waals surface area contributed by atoms with E-state index in [1.165, 1.54) is 18.2 Å². The minimum atomic E-state index is -3.45. The van der Waals surface area contributed by atoms with E-state index in [1.54, 1.807) is 31.2 Å². The highest BCUT2D eigenvalue weighted by atomic mass is 32.2. The summed E-state index contributed by atoms with van der Waals surface area (Å²) < 4.78 is 38.1. The van der Waals surface area contributed by atoms with E-state index in [1.807, 2.05) is 0 Å². The van der Waals surface area contributed by atoms with Gasteiger partial charge in [-0.25, -0.2) is 12.8 Å². The smallest absolute Gasteiger partial charge is 0.182 e. The maximum Gasteiger partial charge on any atom is 0.182 e. The predicted octanol–water partition coefficient (Wildman–Crippen LogP) is 2.57. The number of rotatable bonds is 4. The Bertz CT molecular complexity index is 726. The van der Waals surface area contributed by atoms with Gasteiger partial charge in [0.1, 0.15) is 5.82 Å². The van der Waals surface area contributed by atoms with Gasteiger partial charge in [-0.1, -0.05) is 30.3 Å². The molecule has 0 unspecified atom stereocenters. The first-order valence-electron chi connectivity index (χ1n) is 6.20. The molecule has 0 aromatic heterocycles. The van der Waals surface area contributed by atoms with Gasteiger partial charge in [-0.05, 0) is 30.2 Å². The Labute approximate surface area is 118 Å². The Hall–Kier alpha value is -1.72. The molecule has 0 radical (unpaired) electrons. The molecule has 3 nitrogen and oxygen atoms in total. The average molecular weight is 293 g/mol. The molecule has 20 heavy (non-hydrogen) atoms. The van der Waals surface area contributed by atoms with Crippen molar-refractivity contribution in [3.8, 4) is 0 Å². The van der Waals surface area contributed by atoms with Crippen molar-refractivity contribution in [3.63, 3.8) is 0 Å². The molecule has 0 amide bonds. The Morgan fingerprint density at radius 1 is 1.15 bits per heavy atom. The zero-order chi connectivity index (χ0) is 14.8. The standard InChI is InChI=1S/C15H16FNO2S/c1-11-4-2-3-5-15(11)20(18,19)10-12-6-7-14(16)13(8-12)9-17/h2-8H,9-10,17H2,1H3. The van der Waals surface area contributed by atoms with E-state index in [4.69, 9.17) is 5.73 Å². The van der Waals surface area contributed by atoms with Crippen LogP contribution in [0.5, 0.6) is 0 Å². The molecule has 2 aromatic rings. The number of hydrogen-bond acceptors (Lipinski definition) is 3. The van der Waals surface area contributed by atoms with Gasteiger partial charge in [0.25, 0.3) is 0 Å². The van der Waals surface area contributed by atoms with Crippen LogP contribution in [0.25, 0.3) is 0 Å². The van der Waals surface area contributed by atoms with Gasteiger partial charge in [0.15, 0.2) is 9.84 Å². The van der Waals surface area contributed by atoms with Crippen LogP contribution in [0.2, 0.25) is 0 Å². The molecular weight excluding hydrogens is 277 g/mol. The normalized spacial score (nSPS) is 11.6. The lowest BCUT2D eigenvalue weighted by Crippen LogP contribution is -2.08. The third kappa shape index (κ3) is 3.05. The van der Waals surface area contributed by atoms with Crippen LogP contribution in [0.3, 0.4) is 0 Å². The third-order valence-electron chi connectivity index (χ3n) is 3.12. The maximum atomic E-state index is 13.4. The first kappa shape index (κ1) is 14.7. The van der Waals surface area contributed by atoms with E-state index in [0.29, 0.717) is 21.6 Å². The summed E-state index contributed by atoms with van der Waals surface area (Å²) >= 11 is 0. The lowest BCUT2D eigenvalue weighted by atomic mass is 10.1. The van der Waals surface area contributed by atoms with Crippen LogP contribution in [-0.2, 0) is 22.1 Å².